The minimum absolute atomic E-state index is 0.217. The molecule has 1 aliphatic heterocycles. The summed E-state index contributed by atoms with van der Waals surface area (Å²) in [6.07, 6.45) is 8.40. The molecule has 0 bridgehead atoms. The van der Waals surface area contributed by atoms with Gasteiger partial charge in [-0.3, -0.25) is 4.79 Å². The number of hydrogen-bond acceptors (Lipinski definition) is 2. The highest BCUT2D eigenvalue weighted by atomic mass is 16.5. The maximum atomic E-state index is 12.5. The predicted octanol–water partition coefficient (Wildman–Crippen LogP) is 3.41. The van der Waals surface area contributed by atoms with Crippen molar-refractivity contribution in [2.45, 2.75) is 32.3 Å². The number of benzene rings is 1. The van der Waals surface area contributed by atoms with Crippen molar-refractivity contribution in [2.75, 3.05) is 19.7 Å². The van der Waals surface area contributed by atoms with Gasteiger partial charge in [0.2, 0.25) is 5.91 Å². The third-order valence-electron chi connectivity index (χ3n) is 4.68. The van der Waals surface area contributed by atoms with Crippen LogP contribution < -0.4 is 0 Å². The van der Waals surface area contributed by atoms with E-state index >= 15 is 0 Å². The SMILES string of the molecule is O=C([C@H]1CC=CCC1)N1CC[C@H](COCc2ccccc2)C1. The highest BCUT2D eigenvalue weighted by molar-refractivity contribution is 5.79. The molecule has 1 fully saturated rings. The molecule has 3 heteroatoms. The van der Waals surface area contributed by atoms with E-state index in [9.17, 15) is 4.79 Å². The van der Waals surface area contributed by atoms with Crippen LogP contribution in [0.25, 0.3) is 0 Å². The maximum Gasteiger partial charge on any atom is 0.226 e. The summed E-state index contributed by atoms with van der Waals surface area (Å²) in [7, 11) is 0. The minimum atomic E-state index is 0.217. The molecule has 1 amide bonds. The summed E-state index contributed by atoms with van der Waals surface area (Å²) in [6.45, 7) is 3.19. The molecule has 1 aromatic carbocycles. The third kappa shape index (κ3) is 3.98. The molecule has 0 unspecified atom stereocenters. The second kappa shape index (κ2) is 7.59. The molecular weight excluding hydrogens is 274 g/mol. The predicted molar refractivity (Wildman–Crippen MR) is 87.3 cm³/mol. The Labute approximate surface area is 133 Å². The Hall–Kier alpha value is -1.61. The number of allylic oxidation sites excluding steroid dienone is 2. The fourth-order valence-electron chi connectivity index (χ4n) is 3.36. The molecule has 3 rings (SSSR count). The summed E-state index contributed by atoms with van der Waals surface area (Å²) < 4.78 is 5.83. The van der Waals surface area contributed by atoms with Gasteiger partial charge in [-0.2, -0.15) is 0 Å². The molecule has 0 saturated carbocycles. The molecule has 118 valence electrons. The van der Waals surface area contributed by atoms with Crippen LogP contribution in [0.2, 0.25) is 0 Å². The van der Waals surface area contributed by atoms with Crippen molar-refractivity contribution in [3.05, 3.63) is 48.0 Å². The Morgan fingerprint density at radius 1 is 1.18 bits per heavy atom. The average Bonchev–Trinajstić information content (AvgIpc) is 3.05. The fourth-order valence-corrected chi connectivity index (χ4v) is 3.36. The topological polar surface area (TPSA) is 29.5 Å². The first-order valence-electron chi connectivity index (χ1n) is 8.38. The maximum absolute atomic E-state index is 12.5. The van der Waals surface area contributed by atoms with E-state index in [0.29, 0.717) is 18.4 Å². The first kappa shape index (κ1) is 15.3. The first-order valence-corrected chi connectivity index (χ1v) is 8.38. The summed E-state index contributed by atoms with van der Waals surface area (Å²) in [5, 5.41) is 0. The zero-order chi connectivity index (χ0) is 15.2. The van der Waals surface area contributed by atoms with Crippen LogP contribution in [0.1, 0.15) is 31.2 Å². The highest BCUT2D eigenvalue weighted by Crippen LogP contribution is 2.25. The number of ether oxygens (including phenoxy) is 1. The van der Waals surface area contributed by atoms with Crippen molar-refractivity contribution in [1.82, 2.24) is 4.90 Å². The van der Waals surface area contributed by atoms with Crippen LogP contribution in [0.4, 0.5) is 0 Å². The lowest BCUT2D eigenvalue weighted by molar-refractivity contribution is -0.134. The Morgan fingerprint density at radius 3 is 2.82 bits per heavy atom. The molecule has 0 N–H and O–H groups in total. The number of carbonyl (C=O) groups is 1. The molecule has 2 atom stereocenters. The van der Waals surface area contributed by atoms with Gasteiger partial charge in [0.1, 0.15) is 0 Å². The Bertz CT molecular complexity index is 511. The normalized spacial score (nSPS) is 24.6. The lowest BCUT2D eigenvalue weighted by Crippen LogP contribution is -2.35. The third-order valence-corrected chi connectivity index (χ3v) is 4.68. The lowest BCUT2D eigenvalue weighted by atomic mass is 9.93. The largest absolute Gasteiger partial charge is 0.376 e. The van der Waals surface area contributed by atoms with Crippen molar-refractivity contribution in [1.29, 1.82) is 0 Å². The van der Waals surface area contributed by atoms with Gasteiger partial charge < -0.3 is 9.64 Å². The molecule has 1 aromatic rings. The molecule has 2 aliphatic rings. The van der Waals surface area contributed by atoms with E-state index in [0.717, 1.165) is 45.4 Å². The van der Waals surface area contributed by atoms with Crippen LogP contribution >= 0.6 is 0 Å². The van der Waals surface area contributed by atoms with Gasteiger partial charge in [0.15, 0.2) is 0 Å². The summed E-state index contributed by atoms with van der Waals surface area (Å²) in [5.74, 6) is 1.07. The fraction of sp³-hybridized carbons (Fsp3) is 0.526. The van der Waals surface area contributed by atoms with Crippen LogP contribution in [0, 0.1) is 11.8 Å². The number of hydrogen-bond donors (Lipinski definition) is 0. The van der Waals surface area contributed by atoms with Crippen molar-refractivity contribution in [3.63, 3.8) is 0 Å². The van der Waals surface area contributed by atoms with E-state index in [4.69, 9.17) is 4.74 Å². The van der Waals surface area contributed by atoms with Crippen molar-refractivity contribution in [2.24, 2.45) is 11.8 Å². The van der Waals surface area contributed by atoms with Crippen LogP contribution in [0.15, 0.2) is 42.5 Å². The quantitative estimate of drug-likeness (QED) is 0.780. The molecule has 1 heterocycles. The molecule has 1 saturated heterocycles. The summed E-state index contributed by atoms with van der Waals surface area (Å²) in [6, 6.07) is 10.3. The van der Waals surface area contributed by atoms with Gasteiger partial charge in [-0.25, -0.2) is 0 Å². The molecule has 3 nitrogen and oxygen atoms in total. The smallest absolute Gasteiger partial charge is 0.226 e. The minimum Gasteiger partial charge on any atom is -0.376 e. The molecule has 0 radical (unpaired) electrons. The number of likely N-dealkylation sites (tertiary alicyclic amines) is 1. The zero-order valence-corrected chi connectivity index (χ0v) is 13.1. The van der Waals surface area contributed by atoms with E-state index in [-0.39, 0.29) is 5.92 Å². The van der Waals surface area contributed by atoms with Crippen LogP contribution in [0.3, 0.4) is 0 Å². The molecule has 0 aromatic heterocycles. The Balaban J connectivity index is 1.40. The van der Waals surface area contributed by atoms with Crippen molar-refractivity contribution >= 4 is 5.91 Å². The lowest BCUT2D eigenvalue weighted by Gasteiger charge is -2.24. The summed E-state index contributed by atoms with van der Waals surface area (Å²) >= 11 is 0. The van der Waals surface area contributed by atoms with Crippen LogP contribution in [0.5, 0.6) is 0 Å². The standard InChI is InChI=1S/C19H25NO2/c21-19(18-9-5-2-6-10-18)20-12-11-17(13-20)15-22-14-16-7-3-1-4-8-16/h1-5,7-8,17-18H,6,9-15H2/t17-,18-/m0/s1. The van der Waals surface area contributed by atoms with E-state index in [1.807, 2.05) is 18.2 Å². The van der Waals surface area contributed by atoms with E-state index in [1.54, 1.807) is 0 Å². The highest BCUT2D eigenvalue weighted by Gasteiger charge is 2.30. The van der Waals surface area contributed by atoms with Gasteiger partial charge in [-0.15, -0.1) is 0 Å². The first-order chi connectivity index (χ1) is 10.8. The monoisotopic (exact) mass is 299 g/mol. The van der Waals surface area contributed by atoms with Gasteiger partial charge in [-0.1, -0.05) is 42.5 Å². The van der Waals surface area contributed by atoms with Gasteiger partial charge in [-0.05, 0) is 31.2 Å². The Kier molecular flexibility index (Phi) is 5.28. The molecule has 22 heavy (non-hydrogen) atoms. The molecule has 0 spiro atoms. The van der Waals surface area contributed by atoms with Gasteiger partial charge in [0.05, 0.1) is 13.2 Å². The number of carbonyl (C=O) groups excluding carboxylic acids is 1. The molecular formula is C19H25NO2. The zero-order valence-electron chi connectivity index (χ0n) is 13.1. The van der Waals surface area contributed by atoms with Gasteiger partial charge >= 0.3 is 0 Å². The summed E-state index contributed by atoms with van der Waals surface area (Å²) in [5.41, 5.74) is 1.21. The number of amides is 1. The van der Waals surface area contributed by atoms with Gasteiger partial charge in [0, 0.05) is 24.9 Å². The molecule has 1 aliphatic carbocycles. The number of nitrogens with zero attached hydrogens (tertiary/aromatic N) is 1. The van der Waals surface area contributed by atoms with E-state index in [1.165, 1.54) is 5.56 Å². The van der Waals surface area contributed by atoms with Gasteiger partial charge in [0.25, 0.3) is 0 Å². The Morgan fingerprint density at radius 2 is 2.05 bits per heavy atom. The summed E-state index contributed by atoms with van der Waals surface area (Å²) in [4.78, 5) is 14.5. The van der Waals surface area contributed by atoms with Crippen LogP contribution in [-0.2, 0) is 16.1 Å². The van der Waals surface area contributed by atoms with Crippen molar-refractivity contribution in [3.8, 4) is 0 Å². The second-order valence-corrected chi connectivity index (χ2v) is 6.42. The van der Waals surface area contributed by atoms with Crippen molar-refractivity contribution < 1.29 is 9.53 Å². The van der Waals surface area contributed by atoms with E-state index < -0.39 is 0 Å². The van der Waals surface area contributed by atoms with E-state index in [2.05, 4.69) is 29.2 Å². The second-order valence-electron chi connectivity index (χ2n) is 6.42. The number of rotatable bonds is 5. The average molecular weight is 299 g/mol. The van der Waals surface area contributed by atoms with Crippen LogP contribution in [-0.4, -0.2) is 30.5 Å².